The van der Waals surface area contributed by atoms with Gasteiger partial charge in [-0.25, -0.2) is 4.79 Å². The molecule has 0 aliphatic carbocycles. The highest BCUT2D eigenvalue weighted by atomic mass is 16.4. The number of aliphatic imine (C=N–C) groups is 1. The summed E-state index contributed by atoms with van der Waals surface area (Å²) >= 11 is 0. The Morgan fingerprint density at radius 3 is 2.33 bits per heavy atom. The largest absolute Gasteiger partial charge is 0.480 e. The summed E-state index contributed by atoms with van der Waals surface area (Å²) in [6, 6.07) is -3.57. The number of nitrogens with zero attached hydrogens (tertiary/aromatic N) is 2. The molecule has 1 saturated heterocycles. The monoisotopic (exact) mass is 512 g/mol. The molecular weight excluding hydrogens is 468 g/mol. The van der Waals surface area contributed by atoms with Gasteiger partial charge >= 0.3 is 5.97 Å². The van der Waals surface area contributed by atoms with Crippen LogP contribution in [0.15, 0.2) is 4.99 Å². The molecule has 1 aliphatic rings. The molecule has 13 nitrogen and oxygen atoms in total. The maximum atomic E-state index is 13.2. The van der Waals surface area contributed by atoms with Crippen molar-refractivity contribution in [2.75, 3.05) is 19.6 Å². The lowest BCUT2D eigenvalue weighted by Gasteiger charge is -2.30. The van der Waals surface area contributed by atoms with Gasteiger partial charge in [-0.3, -0.25) is 19.4 Å². The lowest BCUT2D eigenvalue weighted by Crippen LogP contribution is -2.57. The molecule has 1 heterocycles. The number of nitrogens with one attached hydrogen (secondary N) is 2. The highest BCUT2D eigenvalue weighted by Crippen LogP contribution is 2.21. The Labute approximate surface area is 212 Å². The van der Waals surface area contributed by atoms with Gasteiger partial charge < -0.3 is 43.6 Å². The van der Waals surface area contributed by atoms with E-state index in [1.54, 1.807) is 0 Å². The van der Waals surface area contributed by atoms with Gasteiger partial charge in [-0.15, -0.1) is 0 Å². The SMILES string of the molecule is CCC(C)C(N)C(=O)N1CCCC1C(=O)NC(CCCCN)C(=O)NC(CCCN=C(N)N)C(=O)O. The fourth-order valence-corrected chi connectivity index (χ4v) is 4.05. The van der Waals surface area contributed by atoms with Crippen LogP contribution in [0, 0.1) is 5.92 Å². The summed E-state index contributed by atoms with van der Waals surface area (Å²) in [6.07, 6.45) is 3.78. The predicted molar refractivity (Wildman–Crippen MR) is 136 cm³/mol. The van der Waals surface area contributed by atoms with E-state index in [2.05, 4.69) is 15.6 Å². The number of likely N-dealkylation sites (tertiary alicyclic amines) is 1. The first-order chi connectivity index (χ1) is 17.0. The van der Waals surface area contributed by atoms with Crippen LogP contribution in [0.1, 0.15) is 65.2 Å². The van der Waals surface area contributed by atoms with E-state index in [-0.39, 0.29) is 37.2 Å². The van der Waals surface area contributed by atoms with Gasteiger partial charge in [0.15, 0.2) is 5.96 Å². The number of hydrogen-bond donors (Lipinski definition) is 7. The van der Waals surface area contributed by atoms with Crippen molar-refractivity contribution >= 4 is 29.7 Å². The molecule has 36 heavy (non-hydrogen) atoms. The summed E-state index contributed by atoms with van der Waals surface area (Å²) in [5, 5.41) is 14.8. The minimum absolute atomic E-state index is 0.0310. The molecule has 0 radical (unpaired) electrons. The van der Waals surface area contributed by atoms with Crippen LogP contribution in [0.5, 0.6) is 0 Å². The van der Waals surface area contributed by atoms with Crippen molar-refractivity contribution in [3.8, 4) is 0 Å². The topological polar surface area (TPSA) is 232 Å². The number of guanidine groups is 1. The Morgan fingerprint density at radius 1 is 1.08 bits per heavy atom. The standard InChI is InChI=1S/C23H44N8O5/c1-3-14(2)18(25)21(34)31-13-7-10-17(31)20(33)29-15(8-4-5-11-24)19(32)30-16(22(35)36)9-6-12-28-23(26)27/h14-18H,3-13,24-25H2,1-2H3,(H,29,33)(H,30,32)(H,35,36)(H4,26,27,28). The number of carboxylic acids is 1. The number of unbranched alkanes of at least 4 members (excludes halogenated alkanes) is 1. The number of carbonyl (C=O) groups excluding carboxylic acids is 3. The molecule has 1 rings (SSSR count). The third-order valence-corrected chi connectivity index (χ3v) is 6.52. The van der Waals surface area contributed by atoms with Gasteiger partial charge in [0.1, 0.15) is 18.1 Å². The molecule has 0 spiro atoms. The summed E-state index contributed by atoms with van der Waals surface area (Å²) in [4.78, 5) is 56.1. The van der Waals surface area contributed by atoms with E-state index in [0.29, 0.717) is 45.2 Å². The van der Waals surface area contributed by atoms with Crippen molar-refractivity contribution in [2.24, 2.45) is 33.8 Å². The molecule has 0 aromatic rings. The summed E-state index contributed by atoms with van der Waals surface area (Å²) in [6.45, 7) is 4.90. The van der Waals surface area contributed by atoms with E-state index in [4.69, 9.17) is 22.9 Å². The van der Waals surface area contributed by atoms with Crippen LogP contribution in [0.3, 0.4) is 0 Å². The molecule has 206 valence electrons. The van der Waals surface area contributed by atoms with Gasteiger partial charge in [-0.1, -0.05) is 20.3 Å². The van der Waals surface area contributed by atoms with E-state index in [1.807, 2.05) is 13.8 Å². The van der Waals surface area contributed by atoms with Gasteiger partial charge in [-0.05, 0) is 57.4 Å². The van der Waals surface area contributed by atoms with Crippen LogP contribution < -0.4 is 33.6 Å². The molecule has 1 fully saturated rings. The summed E-state index contributed by atoms with van der Waals surface area (Å²) in [5.74, 6) is -2.68. The Kier molecular flexibility index (Phi) is 13.8. The second kappa shape index (κ2) is 15.9. The van der Waals surface area contributed by atoms with Crippen molar-refractivity contribution < 1.29 is 24.3 Å². The normalized spacial score (nSPS) is 18.6. The minimum atomic E-state index is -1.20. The number of nitrogens with two attached hydrogens (primary N) is 4. The van der Waals surface area contributed by atoms with Crippen molar-refractivity contribution in [3.05, 3.63) is 0 Å². The summed E-state index contributed by atoms with van der Waals surface area (Å²) in [7, 11) is 0. The second-order valence-electron chi connectivity index (χ2n) is 9.29. The molecule has 0 aromatic heterocycles. The summed E-state index contributed by atoms with van der Waals surface area (Å²) < 4.78 is 0. The van der Waals surface area contributed by atoms with E-state index < -0.39 is 42.0 Å². The molecule has 0 aromatic carbocycles. The molecule has 11 N–H and O–H groups in total. The van der Waals surface area contributed by atoms with Gasteiger partial charge in [0.25, 0.3) is 0 Å². The zero-order valence-electron chi connectivity index (χ0n) is 21.4. The van der Waals surface area contributed by atoms with Gasteiger partial charge in [0.05, 0.1) is 6.04 Å². The molecule has 1 aliphatic heterocycles. The molecule has 0 bridgehead atoms. The lowest BCUT2D eigenvalue weighted by molar-refractivity contribution is -0.143. The smallest absolute Gasteiger partial charge is 0.326 e. The maximum absolute atomic E-state index is 13.2. The Morgan fingerprint density at radius 2 is 1.75 bits per heavy atom. The Hall–Kier alpha value is -2.93. The zero-order chi connectivity index (χ0) is 27.3. The second-order valence-corrected chi connectivity index (χ2v) is 9.29. The number of aliphatic carboxylic acids is 1. The Bertz CT molecular complexity index is 774. The van der Waals surface area contributed by atoms with Crippen molar-refractivity contribution in [1.82, 2.24) is 15.5 Å². The molecule has 5 unspecified atom stereocenters. The van der Waals surface area contributed by atoms with Crippen molar-refractivity contribution in [1.29, 1.82) is 0 Å². The zero-order valence-corrected chi connectivity index (χ0v) is 21.4. The molecular formula is C23H44N8O5. The number of rotatable bonds is 16. The van der Waals surface area contributed by atoms with Crippen LogP contribution in [-0.2, 0) is 19.2 Å². The van der Waals surface area contributed by atoms with Gasteiger partial charge in [0, 0.05) is 13.1 Å². The van der Waals surface area contributed by atoms with Crippen LogP contribution in [0.4, 0.5) is 0 Å². The minimum Gasteiger partial charge on any atom is -0.480 e. The van der Waals surface area contributed by atoms with Gasteiger partial charge in [-0.2, -0.15) is 0 Å². The maximum Gasteiger partial charge on any atom is 0.326 e. The average Bonchev–Trinajstić information content (AvgIpc) is 3.33. The van der Waals surface area contributed by atoms with Gasteiger partial charge in [0.2, 0.25) is 17.7 Å². The highest BCUT2D eigenvalue weighted by Gasteiger charge is 2.38. The molecule has 3 amide bonds. The van der Waals surface area contributed by atoms with E-state index in [9.17, 15) is 24.3 Å². The van der Waals surface area contributed by atoms with E-state index in [1.165, 1.54) is 4.90 Å². The molecule has 5 atom stereocenters. The van der Waals surface area contributed by atoms with E-state index in [0.717, 1.165) is 6.42 Å². The summed E-state index contributed by atoms with van der Waals surface area (Å²) in [5.41, 5.74) is 22.2. The van der Waals surface area contributed by atoms with E-state index >= 15 is 0 Å². The first kappa shape index (κ1) is 31.1. The van der Waals surface area contributed by atoms with Crippen molar-refractivity contribution in [2.45, 2.75) is 89.4 Å². The first-order valence-electron chi connectivity index (χ1n) is 12.7. The lowest BCUT2D eigenvalue weighted by atomic mass is 9.98. The third-order valence-electron chi connectivity index (χ3n) is 6.52. The van der Waals surface area contributed by atoms with Crippen LogP contribution in [0.25, 0.3) is 0 Å². The quantitative estimate of drug-likeness (QED) is 0.0729. The molecule has 0 saturated carbocycles. The first-order valence-corrected chi connectivity index (χ1v) is 12.7. The third kappa shape index (κ3) is 9.97. The Balaban J connectivity index is 2.90. The van der Waals surface area contributed by atoms with Crippen LogP contribution in [-0.4, -0.2) is 83.5 Å². The van der Waals surface area contributed by atoms with Crippen LogP contribution in [0.2, 0.25) is 0 Å². The highest BCUT2D eigenvalue weighted by molar-refractivity contribution is 5.94. The van der Waals surface area contributed by atoms with Crippen molar-refractivity contribution in [3.63, 3.8) is 0 Å². The number of amides is 3. The number of carboxylic acid groups (broad SMARTS) is 1. The fraction of sp³-hybridized carbons (Fsp3) is 0.783. The number of hydrogen-bond acceptors (Lipinski definition) is 7. The number of carbonyl (C=O) groups is 4. The predicted octanol–water partition coefficient (Wildman–Crippen LogP) is -1.41. The fourth-order valence-electron chi connectivity index (χ4n) is 4.05. The average molecular weight is 513 g/mol. The van der Waals surface area contributed by atoms with Crippen LogP contribution >= 0.6 is 0 Å². The molecule has 13 heteroatoms.